The van der Waals surface area contributed by atoms with Gasteiger partial charge in [0, 0.05) is 12.1 Å². The Morgan fingerprint density at radius 2 is 1.69 bits per heavy atom. The number of rotatable bonds is 11. The summed E-state index contributed by atoms with van der Waals surface area (Å²) in [5.74, 6) is 0.425. The first-order valence-electron chi connectivity index (χ1n) is 11.0. The number of carbonyl (C=O) groups is 1. The number of amides is 1. The van der Waals surface area contributed by atoms with Crippen molar-refractivity contribution in [3.05, 3.63) is 94.5 Å². The van der Waals surface area contributed by atoms with E-state index in [0.717, 1.165) is 10.1 Å². The lowest BCUT2D eigenvalue weighted by Crippen LogP contribution is -2.39. The van der Waals surface area contributed by atoms with Crippen LogP contribution in [0.4, 0.5) is 11.4 Å². The fraction of sp³-hybridized carbons (Fsp3) is 0.200. The molecule has 1 N–H and O–H groups in total. The van der Waals surface area contributed by atoms with Gasteiger partial charge in [-0.1, -0.05) is 32.0 Å². The molecule has 188 valence electrons. The van der Waals surface area contributed by atoms with Gasteiger partial charge in [-0.05, 0) is 60.0 Å². The van der Waals surface area contributed by atoms with E-state index < -0.39 is 27.4 Å². The summed E-state index contributed by atoms with van der Waals surface area (Å²) in [4.78, 5) is 23.0. The molecule has 0 aliphatic heterocycles. The second-order valence-electron chi connectivity index (χ2n) is 8.17. The maximum absolute atomic E-state index is 13.3. The normalized spacial score (nSPS) is 11.4. The molecular formula is C25H26N4O6S. The van der Waals surface area contributed by atoms with Crippen LogP contribution in [0.5, 0.6) is 5.75 Å². The highest BCUT2D eigenvalue weighted by molar-refractivity contribution is 7.92. The molecule has 0 saturated carbocycles. The van der Waals surface area contributed by atoms with Crippen molar-refractivity contribution in [2.24, 2.45) is 11.0 Å². The molecule has 0 atom stereocenters. The number of hydrogen-bond donors (Lipinski definition) is 1. The van der Waals surface area contributed by atoms with E-state index >= 15 is 0 Å². The Morgan fingerprint density at radius 1 is 1.06 bits per heavy atom. The van der Waals surface area contributed by atoms with Crippen molar-refractivity contribution in [2.75, 3.05) is 17.5 Å². The number of hydrogen-bond acceptors (Lipinski definition) is 7. The van der Waals surface area contributed by atoms with Gasteiger partial charge < -0.3 is 4.74 Å². The number of nitro groups is 1. The number of nitro benzene ring substituents is 1. The number of anilines is 1. The number of nitrogens with one attached hydrogen (secondary N) is 1. The predicted octanol–water partition coefficient (Wildman–Crippen LogP) is 3.98. The van der Waals surface area contributed by atoms with Crippen molar-refractivity contribution in [1.82, 2.24) is 5.43 Å². The van der Waals surface area contributed by atoms with E-state index in [2.05, 4.69) is 24.4 Å². The molecule has 0 saturated heterocycles. The highest BCUT2D eigenvalue weighted by Gasteiger charge is 2.27. The minimum Gasteiger partial charge on any atom is -0.493 e. The zero-order chi connectivity index (χ0) is 26.1. The standard InChI is InChI=1S/C25H26N4O6S/c1-19(2)18-35-23-14-8-20(9-15-23)16-26-27-25(30)17-28(21-10-12-22(13-11-21)29(31)32)36(33,34)24-6-4-3-5-7-24/h3-16,19H,17-18H2,1-2H3,(H,27,30)/b26-16-. The summed E-state index contributed by atoms with van der Waals surface area (Å²) in [5.41, 5.74) is 2.92. The zero-order valence-corrected chi connectivity index (χ0v) is 20.6. The summed E-state index contributed by atoms with van der Waals surface area (Å²) >= 11 is 0. The van der Waals surface area contributed by atoms with E-state index in [1.807, 2.05) is 0 Å². The topological polar surface area (TPSA) is 131 Å². The van der Waals surface area contributed by atoms with E-state index in [0.29, 0.717) is 18.1 Å². The Morgan fingerprint density at radius 3 is 2.28 bits per heavy atom. The summed E-state index contributed by atoms with van der Waals surface area (Å²) in [5, 5.41) is 14.9. The molecule has 3 aromatic carbocycles. The molecule has 10 nitrogen and oxygen atoms in total. The molecule has 0 unspecified atom stereocenters. The largest absolute Gasteiger partial charge is 0.493 e. The van der Waals surface area contributed by atoms with Crippen molar-refractivity contribution >= 4 is 33.5 Å². The van der Waals surface area contributed by atoms with E-state index in [1.54, 1.807) is 42.5 Å². The van der Waals surface area contributed by atoms with Gasteiger partial charge in [0.2, 0.25) is 0 Å². The third-order valence-corrected chi connectivity index (χ3v) is 6.62. The Hall–Kier alpha value is -4.25. The average Bonchev–Trinajstić information content (AvgIpc) is 2.87. The van der Waals surface area contributed by atoms with Gasteiger partial charge in [0.15, 0.2) is 0 Å². The van der Waals surface area contributed by atoms with Crippen molar-refractivity contribution in [1.29, 1.82) is 0 Å². The second-order valence-corrected chi connectivity index (χ2v) is 10.0. The minimum atomic E-state index is -4.14. The lowest BCUT2D eigenvalue weighted by molar-refractivity contribution is -0.384. The molecule has 0 bridgehead atoms. The van der Waals surface area contributed by atoms with E-state index in [1.165, 1.54) is 42.6 Å². The van der Waals surface area contributed by atoms with E-state index in [-0.39, 0.29) is 16.3 Å². The van der Waals surface area contributed by atoms with Crippen molar-refractivity contribution in [3.8, 4) is 5.75 Å². The van der Waals surface area contributed by atoms with Crippen molar-refractivity contribution < 1.29 is 22.9 Å². The van der Waals surface area contributed by atoms with Crippen LogP contribution in [0.15, 0.2) is 88.9 Å². The lowest BCUT2D eigenvalue weighted by atomic mass is 10.2. The van der Waals surface area contributed by atoms with Gasteiger partial charge >= 0.3 is 0 Å². The van der Waals surface area contributed by atoms with Gasteiger partial charge in [-0.15, -0.1) is 0 Å². The minimum absolute atomic E-state index is 0.0283. The molecule has 11 heteroatoms. The zero-order valence-electron chi connectivity index (χ0n) is 19.8. The summed E-state index contributed by atoms with van der Waals surface area (Å²) < 4.78 is 33.0. The first kappa shape index (κ1) is 26.4. The Labute approximate surface area is 209 Å². The SMILES string of the molecule is CC(C)COc1ccc(/C=N\NC(=O)CN(c2ccc([N+](=O)[O-])cc2)S(=O)(=O)c2ccccc2)cc1. The second kappa shape index (κ2) is 11.9. The quantitative estimate of drug-likeness (QED) is 0.236. The number of nitrogens with zero attached hydrogens (tertiary/aromatic N) is 3. The molecule has 0 aliphatic carbocycles. The first-order valence-corrected chi connectivity index (χ1v) is 12.5. The molecule has 36 heavy (non-hydrogen) atoms. The molecule has 1 amide bonds. The molecule has 0 aliphatic rings. The predicted molar refractivity (Wildman–Crippen MR) is 137 cm³/mol. The Balaban J connectivity index is 1.74. The van der Waals surface area contributed by atoms with Crippen LogP contribution in [0.25, 0.3) is 0 Å². The highest BCUT2D eigenvalue weighted by Crippen LogP contribution is 2.25. The fourth-order valence-corrected chi connectivity index (χ4v) is 4.47. The van der Waals surface area contributed by atoms with E-state index in [4.69, 9.17) is 4.74 Å². The van der Waals surface area contributed by atoms with Crippen molar-refractivity contribution in [2.45, 2.75) is 18.7 Å². The van der Waals surface area contributed by atoms with Crippen LogP contribution >= 0.6 is 0 Å². The van der Waals surface area contributed by atoms with Crippen LogP contribution in [0.1, 0.15) is 19.4 Å². The summed E-state index contributed by atoms with van der Waals surface area (Å²) in [6, 6.07) is 19.6. The van der Waals surface area contributed by atoms with Crippen LogP contribution in [-0.4, -0.2) is 38.6 Å². The maximum Gasteiger partial charge on any atom is 0.269 e. The molecule has 0 spiro atoms. The van der Waals surface area contributed by atoms with Gasteiger partial charge in [-0.3, -0.25) is 19.2 Å². The molecule has 0 heterocycles. The summed E-state index contributed by atoms with van der Waals surface area (Å²) in [6.07, 6.45) is 1.42. The van der Waals surface area contributed by atoms with Gasteiger partial charge in [0.1, 0.15) is 12.3 Å². The van der Waals surface area contributed by atoms with Crippen LogP contribution in [0, 0.1) is 16.0 Å². The maximum atomic E-state index is 13.3. The van der Waals surface area contributed by atoms with Crippen LogP contribution in [-0.2, 0) is 14.8 Å². The molecule has 3 aromatic rings. The Bertz CT molecular complexity index is 1310. The first-order chi connectivity index (χ1) is 17.2. The van der Waals surface area contributed by atoms with Crippen LogP contribution < -0.4 is 14.5 Å². The number of ether oxygens (including phenoxy) is 1. The number of carbonyl (C=O) groups excluding carboxylic acids is 1. The third-order valence-electron chi connectivity index (χ3n) is 4.83. The van der Waals surface area contributed by atoms with Crippen molar-refractivity contribution in [3.63, 3.8) is 0 Å². The highest BCUT2D eigenvalue weighted by atomic mass is 32.2. The average molecular weight is 511 g/mol. The van der Waals surface area contributed by atoms with E-state index in [9.17, 15) is 23.3 Å². The van der Waals surface area contributed by atoms with Gasteiger partial charge in [-0.25, -0.2) is 13.8 Å². The fourth-order valence-electron chi connectivity index (χ4n) is 3.03. The number of benzene rings is 3. The monoisotopic (exact) mass is 510 g/mol. The smallest absolute Gasteiger partial charge is 0.269 e. The molecule has 0 radical (unpaired) electrons. The third kappa shape index (κ3) is 7.12. The summed E-state index contributed by atoms with van der Waals surface area (Å²) in [7, 11) is -4.14. The number of sulfonamides is 1. The lowest BCUT2D eigenvalue weighted by Gasteiger charge is -2.23. The Kier molecular flexibility index (Phi) is 8.74. The summed E-state index contributed by atoms with van der Waals surface area (Å²) in [6.45, 7) is 4.12. The van der Waals surface area contributed by atoms with Gasteiger partial charge in [0.05, 0.1) is 28.3 Å². The van der Waals surface area contributed by atoms with Crippen LogP contribution in [0.2, 0.25) is 0 Å². The van der Waals surface area contributed by atoms with Gasteiger partial charge in [-0.2, -0.15) is 5.10 Å². The molecular weight excluding hydrogens is 484 g/mol. The van der Waals surface area contributed by atoms with Gasteiger partial charge in [0.25, 0.3) is 21.6 Å². The number of hydrazone groups is 1. The molecule has 0 fully saturated rings. The van der Waals surface area contributed by atoms with Crippen LogP contribution in [0.3, 0.4) is 0 Å². The molecule has 3 rings (SSSR count). The number of non-ortho nitro benzene ring substituents is 1. The molecule has 0 aromatic heterocycles.